The van der Waals surface area contributed by atoms with Crippen molar-refractivity contribution in [2.75, 3.05) is 13.7 Å². The van der Waals surface area contributed by atoms with Crippen LogP contribution in [0.5, 0.6) is 5.75 Å². The molecule has 0 saturated carbocycles. The van der Waals surface area contributed by atoms with Gasteiger partial charge in [0.25, 0.3) is 11.7 Å². The second-order valence-corrected chi connectivity index (χ2v) is 7.34. The van der Waals surface area contributed by atoms with Crippen molar-refractivity contribution < 1.29 is 14.3 Å². The van der Waals surface area contributed by atoms with Crippen LogP contribution < -0.4 is 4.74 Å². The maximum Gasteiger partial charge on any atom is 0.296 e. The molecule has 0 N–H and O–H groups in total. The number of amides is 1. The number of carbonyl (C=O) groups excluding carboxylic acids is 2. The van der Waals surface area contributed by atoms with Gasteiger partial charge in [0.05, 0.1) is 6.61 Å². The second kappa shape index (κ2) is 8.88. The van der Waals surface area contributed by atoms with Crippen molar-refractivity contribution in [1.82, 2.24) is 9.30 Å². The van der Waals surface area contributed by atoms with Crippen LogP contribution in [0.15, 0.2) is 85.1 Å². The predicted octanol–water partition coefficient (Wildman–Crippen LogP) is 4.85. The van der Waals surface area contributed by atoms with E-state index < -0.39 is 11.7 Å². The van der Waals surface area contributed by atoms with E-state index in [1.54, 1.807) is 11.4 Å². The minimum absolute atomic E-state index is 0.365. The van der Waals surface area contributed by atoms with E-state index in [1.807, 2.05) is 92.0 Å². The number of hydrogen-bond acceptors (Lipinski definition) is 3. The molecule has 2 aromatic carbocycles. The zero-order valence-corrected chi connectivity index (χ0v) is 17.6. The van der Waals surface area contributed by atoms with Crippen LogP contribution in [0.2, 0.25) is 0 Å². The molecule has 4 rings (SSSR count). The van der Waals surface area contributed by atoms with Crippen LogP contribution in [-0.4, -0.2) is 34.6 Å². The Bertz CT molecular complexity index is 1210. The molecule has 0 aliphatic carbocycles. The smallest absolute Gasteiger partial charge is 0.296 e. The number of rotatable bonds is 7. The van der Waals surface area contributed by atoms with E-state index in [9.17, 15) is 9.59 Å². The Morgan fingerprint density at radius 2 is 1.65 bits per heavy atom. The van der Waals surface area contributed by atoms with Crippen LogP contribution in [0.1, 0.15) is 23.0 Å². The molecule has 4 aromatic rings. The zero-order chi connectivity index (χ0) is 21.8. The van der Waals surface area contributed by atoms with Crippen molar-refractivity contribution in [3.8, 4) is 16.9 Å². The number of aromatic nitrogens is 1. The van der Waals surface area contributed by atoms with Gasteiger partial charge in [-0.2, -0.15) is 0 Å². The fourth-order valence-electron chi connectivity index (χ4n) is 3.68. The second-order valence-electron chi connectivity index (χ2n) is 7.34. The normalized spacial score (nSPS) is 10.8. The van der Waals surface area contributed by atoms with Gasteiger partial charge in [-0.15, -0.1) is 0 Å². The monoisotopic (exact) mass is 412 g/mol. The molecule has 5 nitrogen and oxygen atoms in total. The molecule has 2 aromatic heterocycles. The number of benzene rings is 2. The fraction of sp³-hybridized carbons (Fsp3) is 0.154. The Balaban J connectivity index is 1.71. The highest BCUT2D eigenvalue weighted by Crippen LogP contribution is 2.30. The van der Waals surface area contributed by atoms with Crippen LogP contribution in [0.4, 0.5) is 0 Å². The fourth-order valence-corrected chi connectivity index (χ4v) is 3.68. The number of nitrogens with zero attached hydrogens (tertiary/aromatic N) is 2. The van der Waals surface area contributed by atoms with Crippen LogP contribution in [0.25, 0.3) is 16.6 Å². The number of ketones is 1. The summed E-state index contributed by atoms with van der Waals surface area (Å²) in [7, 11) is 1.65. The Labute approximate surface area is 181 Å². The molecule has 156 valence electrons. The quantitative estimate of drug-likeness (QED) is 0.322. The highest BCUT2D eigenvalue weighted by atomic mass is 16.5. The van der Waals surface area contributed by atoms with Gasteiger partial charge >= 0.3 is 0 Å². The average molecular weight is 412 g/mol. The number of pyridine rings is 1. The van der Waals surface area contributed by atoms with Gasteiger partial charge in [0.2, 0.25) is 0 Å². The van der Waals surface area contributed by atoms with Crippen molar-refractivity contribution in [3.63, 3.8) is 0 Å². The third kappa shape index (κ3) is 4.21. The zero-order valence-electron chi connectivity index (χ0n) is 17.6. The molecule has 2 heterocycles. The Morgan fingerprint density at radius 3 is 2.35 bits per heavy atom. The number of fused-ring (bicyclic) bond motifs is 1. The summed E-state index contributed by atoms with van der Waals surface area (Å²) in [5.74, 6) is -0.310. The minimum Gasteiger partial charge on any atom is -0.494 e. The van der Waals surface area contributed by atoms with Gasteiger partial charge < -0.3 is 14.0 Å². The molecular formula is C26H24N2O3. The van der Waals surface area contributed by atoms with E-state index >= 15 is 0 Å². The third-order valence-electron chi connectivity index (χ3n) is 5.17. The van der Waals surface area contributed by atoms with E-state index in [1.165, 1.54) is 4.90 Å². The molecule has 0 aliphatic heterocycles. The van der Waals surface area contributed by atoms with Crippen LogP contribution in [0.3, 0.4) is 0 Å². The SMILES string of the molecule is CCOc1ccc(-c2cc3ccccn3c2C(=O)C(=O)N(C)Cc2ccccc2)cc1. The number of Topliss-reactive ketones (excluding diaryl/α,β-unsaturated/α-hetero) is 1. The summed E-state index contributed by atoms with van der Waals surface area (Å²) >= 11 is 0. The molecule has 0 aliphatic rings. The molecule has 31 heavy (non-hydrogen) atoms. The van der Waals surface area contributed by atoms with Crippen molar-refractivity contribution >= 4 is 17.2 Å². The Morgan fingerprint density at radius 1 is 0.935 bits per heavy atom. The largest absolute Gasteiger partial charge is 0.494 e. The first kappa shape index (κ1) is 20.4. The molecule has 0 atom stereocenters. The van der Waals surface area contributed by atoms with Crippen molar-refractivity contribution in [3.05, 3.63) is 96.3 Å². The highest BCUT2D eigenvalue weighted by Gasteiger charge is 2.27. The van der Waals surface area contributed by atoms with Crippen LogP contribution in [-0.2, 0) is 11.3 Å². The van der Waals surface area contributed by atoms with Crippen LogP contribution >= 0.6 is 0 Å². The number of likely N-dealkylation sites (N-methyl/N-ethyl adjacent to an activating group) is 1. The molecule has 0 fully saturated rings. The topological polar surface area (TPSA) is 51.0 Å². The summed E-state index contributed by atoms with van der Waals surface area (Å²) in [6.45, 7) is 2.89. The van der Waals surface area contributed by atoms with Crippen molar-refractivity contribution in [1.29, 1.82) is 0 Å². The van der Waals surface area contributed by atoms with E-state index in [4.69, 9.17) is 4.74 Å². The Kier molecular flexibility index (Phi) is 5.85. The summed E-state index contributed by atoms with van der Waals surface area (Å²) in [5.41, 5.74) is 3.77. The standard InChI is InChI=1S/C26H24N2O3/c1-3-31-22-14-12-20(13-15-22)23-17-21-11-7-8-16-28(21)24(23)25(29)26(30)27(2)18-19-9-5-4-6-10-19/h4-17H,3,18H2,1-2H3. The van der Waals surface area contributed by atoms with Gasteiger partial charge in [-0.1, -0.05) is 48.5 Å². The minimum atomic E-state index is -0.542. The summed E-state index contributed by atoms with van der Waals surface area (Å²) in [6.07, 6.45) is 1.81. The first-order chi connectivity index (χ1) is 15.1. The summed E-state index contributed by atoms with van der Waals surface area (Å²) in [6, 6.07) is 24.8. The predicted molar refractivity (Wildman–Crippen MR) is 121 cm³/mol. The van der Waals surface area contributed by atoms with Gasteiger partial charge in [-0.3, -0.25) is 9.59 Å². The van der Waals surface area contributed by atoms with Gasteiger partial charge in [0.15, 0.2) is 0 Å². The van der Waals surface area contributed by atoms with E-state index in [0.29, 0.717) is 18.8 Å². The van der Waals surface area contributed by atoms with Gasteiger partial charge in [0.1, 0.15) is 11.4 Å². The number of hydrogen-bond donors (Lipinski definition) is 0. The van der Waals surface area contributed by atoms with Crippen LogP contribution in [0, 0.1) is 0 Å². The average Bonchev–Trinajstić information content (AvgIpc) is 3.19. The molecule has 0 spiro atoms. The maximum atomic E-state index is 13.4. The summed E-state index contributed by atoms with van der Waals surface area (Å²) < 4.78 is 7.31. The lowest BCUT2D eigenvalue weighted by Crippen LogP contribution is -2.33. The Hall–Kier alpha value is -3.86. The number of carbonyl (C=O) groups is 2. The molecule has 0 unspecified atom stereocenters. The molecule has 1 amide bonds. The summed E-state index contributed by atoms with van der Waals surface area (Å²) in [5, 5.41) is 0. The van der Waals surface area contributed by atoms with E-state index in [-0.39, 0.29) is 0 Å². The van der Waals surface area contributed by atoms with Gasteiger partial charge in [-0.25, -0.2) is 0 Å². The van der Waals surface area contributed by atoms with Crippen molar-refractivity contribution in [2.24, 2.45) is 0 Å². The van der Waals surface area contributed by atoms with Gasteiger partial charge in [-0.05, 0) is 48.4 Å². The molecular weight excluding hydrogens is 388 g/mol. The maximum absolute atomic E-state index is 13.4. The van der Waals surface area contributed by atoms with E-state index in [0.717, 1.165) is 28.0 Å². The van der Waals surface area contributed by atoms with E-state index in [2.05, 4.69) is 0 Å². The lowest BCUT2D eigenvalue weighted by molar-refractivity contribution is -0.125. The van der Waals surface area contributed by atoms with Crippen molar-refractivity contribution in [2.45, 2.75) is 13.5 Å². The first-order valence-corrected chi connectivity index (χ1v) is 10.3. The lowest BCUT2D eigenvalue weighted by Gasteiger charge is -2.17. The summed E-state index contributed by atoms with van der Waals surface area (Å²) in [4.78, 5) is 27.9. The molecule has 0 radical (unpaired) electrons. The highest BCUT2D eigenvalue weighted by molar-refractivity contribution is 6.43. The molecule has 0 bridgehead atoms. The lowest BCUT2D eigenvalue weighted by atomic mass is 10.0. The van der Waals surface area contributed by atoms with Gasteiger partial charge in [0, 0.05) is 30.9 Å². The molecule has 0 saturated heterocycles. The third-order valence-corrected chi connectivity index (χ3v) is 5.17. The number of ether oxygens (including phenoxy) is 1. The first-order valence-electron chi connectivity index (χ1n) is 10.3. The molecule has 5 heteroatoms.